The van der Waals surface area contributed by atoms with Crippen LogP contribution in [0.5, 0.6) is 0 Å². The van der Waals surface area contributed by atoms with Gasteiger partial charge in [0.2, 0.25) is 0 Å². The highest BCUT2D eigenvalue weighted by Gasteiger charge is 1.95. The number of pyridine rings is 1. The molecule has 0 atom stereocenters. The van der Waals surface area contributed by atoms with Crippen molar-refractivity contribution in [1.29, 1.82) is 0 Å². The van der Waals surface area contributed by atoms with E-state index in [1.54, 1.807) is 6.08 Å². The van der Waals surface area contributed by atoms with E-state index in [1.807, 2.05) is 18.4 Å². The van der Waals surface area contributed by atoms with Gasteiger partial charge in [-0.25, -0.2) is 4.57 Å². The number of rotatable bonds is 9. The molecule has 0 aliphatic carbocycles. The average molecular weight is 358 g/mol. The Kier molecular flexibility index (Phi) is 8.58. The van der Waals surface area contributed by atoms with Crippen LogP contribution in [0.25, 0.3) is 18.2 Å². The van der Waals surface area contributed by atoms with Crippen LogP contribution in [0.2, 0.25) is 0 Å². The van der Waals surface area contributed by atoms with Crippen molar-refractivity contribution < 1.29 is 4.57 Å². The Labute approximate surface area is 163 Å². The second kappa shape index (κ2) is 11.5. The van der Waals surface area contributed by atoms with Gasteiger partial charge in [0.25, 0.3) is 0 Å². The van der Waals surface area contributed by atoms with Crippen LogP contribution in [-0.2, 0) is 6.54 Å². The first-order valence-corrected chi connectivity index (χ1v) is 9.43. The molecule has 2 heteroatoms. The Balaban J connectivity index is 2.01. The summed E-state index contributed by atoms with van der Waals surface area (Å²) < 4.78 is 2.15. The van der Waals surface area contributed by atoms with E-state index >= 15 is 0 Å². The first-order valence-electron chi connectivity index (χ1n) is 9.43. The van der Waals surface area contributed by atoms with Crippen molar-refractivity contribution in [3.05, 3.63) is 108 Å². The molecule has 0 saturated heterocycles. The summed E-state index contributed by atoms with van der Waals surface area (Å²) in [5.41, 5.74) is 4.66. The number of allylic oxidation sites excluding steroid dienone is 5. The zero-order valence-corrected chi connectivity index (χ0v) is 16.3. The van der Waals surface area contributed by atoms with E-state index in [1.165, 1.54) is 16.7 Å². The van der Waals surface area contributed by atoms with Crippen LogP contribution in [-0.4, -0.2) is 6.54 Å². The fourth-order valence-electron chi connectivity index (χ4n) is 2.47. The maximum absolute atomic E-state index is 3.78. The van der Waals surface area contributed by atoms with Crippen molar-refractivity contribution in [3.63, 3.8) is 0 Å². The molecule has 2 rings (SSSR count). The summed E-state index contributed by atoms with van der Waals surface area (Å²) in [4.78, 5) is 0. The Morgan fingerprint density at radius 3 is 2.04 bits per heavy atom. The lowest BCUT2D eigenvalue weighted by atomic mass is 10.1. The Bertz CT molecular complexity index is 820. The van der Waals surface area contributed by atoms with Gasteiger partial charge in [0.05, 0.1) is 0 Å². The molecule has 0 amide bonds. The SMILES string of the molecule is C=C/C=C(\C=C/NCC)/C=C/c1ccc(/C=C/c2cc[n+](CC)cc2)cc1. The quantitative estimate of drug-likeness (QED) is 0.468. The smallest absolute Gasteiger partial charge is 0.169 e. The zero-order chi connectivity index (χ0) is 19.3. The minimum atomic E-state index is 0.915. The zero-order valence-electron chi connectivity index (χ0n) is 16.3. The third-order valence-corrected chi connectivity index (χ3v) is 4.06. The molecule has 0 radical (unpaired) electrons. The van der Waals surface area contributed by atoms with E-state index in [-0.39, 0.29) is 0 Å². The van der Waals surface area contributed by atoms with Crippen LogP contribution in [0.3, 0.4) is 0 Å². The highest BCUT2D eigenvalue weighted by Crippen LogP contribution is 2.12. The maximum Gasteiger partial charge on any atom is 0.169 e. The highest BCUT2D eigenvalue weighted by molar-refractivity contribution is 5.70. The second-order valence-corrected chi connectivity index (χ2v) is 6.09. The van der Waals surface area contributed by atoms with Crippen molar-refractivity contribution in [2.75, 3.05) is 6.54 Å². The molecule has 2 nitrogen and oxygen atoms in total. The molecule has 0 aliphatic rings. The number of hydrogen-bond acceptors (Lipinski definition) is 1. The van der Waals surface area contributed by atoms with Crippen LogP contribution < -0.4 is 9.88 Å². The molecule has 0 unspecified atom stereocenters. The normalized spacial score (nSPS) is 12.3. The predicted octanol–water partition coefficient (Wildman–Crippen LogP) is 5.41. The average Bonchev–Trinajstić information content (AvgIpc) is 2.72. The van der Waals surface area contributed by atoms with E-state index in [9.17, 15) is 0 Å². The van der Waals surface area contributed by atoms with Crippen LogP contribution in [0.1, 0.15) is 30.5 Å². The van der Waals surface area contributed by atoms with E-state index in [4.69, 9.17) is 0 Å². The summed E-state index contributed by atoms with van der Waals surface area (Å²) in [6.45, 7) is 9.90. The van der Waals surface area contributed by atoms with Gasteiger partial charge >= 0.3 is 0 Å². The Morgan fingerprint density at radius 2 is 1.48 bits per heavy atom. The lowest BCUT2D eigenvalue weighted by molar-refractivity contribution is -0.693. The molecular weight excluding hydrogens is 328 g/mol. The molecule has 1 heterocycles. The molecule has 2 aromatic rings. The van der Waals surface area contributed by atoms with Crippen LogP contribution in [0, 0.1) is 0 Å². The van der Waals surface area contributed by atoms with Gasteiger partial charge in [0, 0.05) is 18.7 Å². The number of nitrogens with zero attached hydrogens (tertiary/aromatic N) is 1. The molecule has 1 aromatic heterocycles. The van der Waals surface area contributed by atoms with Crippen molar-refractivity contribution in [3.8, 4) is 0 Å². The molecule has 1 aromatic carbocycles. The first-order chi connectivity index (χ1) is 13.2. The van der Waals surface area contributed by atoms with Gasteiger partial charge in [-0.3, -0.25) is 0 Å². The number of benzene rings is 1. The largest absolute Gasteiger partial charge is 0.391 e. The minimum absolute atomic E-state index is 0.915. The minimum Gasteiger partial charge on any atom is -0.391 e. The number of nitrogens with one attached hydrogen (secondary N) is 1. The Morgan fingerprint density at radius 1 is 0.889 bits per heavy atom. The van der Waals surface area contributed by atoms with E-state index in [0.29, 0.717) is 0 Å². The topological polar surface area (TPSA) is 15.9 Å². The molecule has 0 aliphatic heterocycles. The summed E-state index contributed by atoms with van der Waals surface area (Å²) in [5.74, 6) is 0. The standard InChI is InChI=1S/C25H29N2/c1-4-7-22(16-19-26-5-2)8-9-23-10-12-24(13-11-23)14-15-25-17-20-27(6-3)21-18-25/h4,7-21,26H,1,5-6H2,2-3H3/q+1/b9-8+,15-14+,19-16-,22-7-. The first kappa shape index (κ1) is 20.2. The van der Waals surface area contributed by atoms with E-state index in [2.05, 4.69) is 103 Å². The summed E-state index contributed by atoms with van der Waals surface area (Å²) in [7, 11) is 0. The molecule has 138 valence electrons. The third-order valence-electron chi connectivity index (χ3n) is 4.06. The van der Waals surface area contributed by atoms with Crippen LogP contribution in [0.15, 0.2) is 91.4 Å². The van der Waals surface area contributed by atoms with E-state index < -0.39 is 0 Å². The fourth-order valence-corrected chi connectivity index (χ4v) is 2.47. The fraction of sp³-hybridized carbons (Fsp3) is 0.160. The lowest BCUT2D eigenvalue weighted by Crippen LogP contribution is -2.30. The molecule has 0 bridgehead atoms. The summed E-state index contributed by atoms with van der Waals surface area (Å²) in [6, 6.07) is 12.8. The van der Waals surface area contributed by atoms with E-state index in [0.717, 1.165) is 18.7 Å². The Hall–Kier alpha value is -3.13. The van der Waals surface area contributed by atoms with Gasteiger partial charge in [0.15, 0.2) is 12.4 Å². The molecular formula is C25H29N2+. The highest BCUT2D eigenvalue weighted by atomic mass is 14.9. The van der Waals surface area contributed by atoms with Crippen molar-refractivity contribution >= 4 is 18.2 Å². The summed E-state index contributed by atoms with van der Waals surface area (Å²) >= 11 is 0. The molecule has 0 fully saturated rings. The maximum atomic E-state index is 3.78. The predicted molar refractivity (Wildman–Crippen MR) is 118 cm³/mol. The van der Waals surface area contributed by atoms with Crippen molar-refractivity contribution in [1.82, 2.24) is 5.32 Å². The second-order valence-electron chi connectivity index (χ2n) is 6.09. The van der Waals surface area contributed by atoms with Gasteiger partial charge < -0.3 is 5.32 Å². The number of aromatic nitrogens is 1. The van der Waals surface area contributed by atoms with Gasteiger partial charge in [-0.2, -0.15) is 0 Å². The van der Waals surface area contributed by atoms with Gasteiger partial charge in [0.1, 0.15) is 6.54 Å². The van der Waals surface area contributed by atoms with Crippen LogP contribution in [0.4, 0.5) is 0 Å². The lowest BCUT2D eigenvalue weighted by Gasteiger charge is -1.98. The molecule has 0 saturated carbocycles. The number of hydrogen-bond donors (Lipinski definition) is 1. The molecule has 0 spiro atoms. The third kappa shape index (κ3) is 7.33. The summed E-state index contributed by atoms with van der Waals surface area (Å²) in [6.07, 6.45) is 20.5. The number of aryl methyl sites for hydroxylation is 1. The summed E-state index contributed by atoms with van der Waals surface area (Å²) in [5, 5.41) is 3.18. The van der Waals surface area contributed by atoms with Gasteiger partial charge in [-0.15, -0.1) is 0 Å². The molecule has 27 heavy (non-hydrogen) atoms. The van der Waals surface area contributed by atoms with Gasteiger partial charge in [-0.1, -0.05) is 67.3 Å². The van der Waals surface area contributed by atoms with Gasteiger partial charge in [-0.05, 0) is 48.4 Å². The van der Waals surface area contributed by atoms with Crippen LogP contribution >= 0.6 is 0 Å². The van der Waals surface area contributed by atoms with Crippen molar-refractivity contribution in [2.45, 2.75) is 20.4 Å². The van der Waals surface area contributed by atoms with Crippen molar-refractivity contribution in [2.24, 2.45) is 0 Å². The monoisotopic (exact) mass is 357 g/mol. The molecule has 1 N–H and O–H groups in total.